The van der Waals surface area contributed by atoms with E-state index >= 15 is 0 Å². The maximum Gasteiger partial charge on any atom is 0.168 e. The molecule has 0 radical (unpaired) electrons. The van der Waals surface area contributed by atoms with Crippen LogP contribution < -0.4 is 5.32 Å². The van der Waals surface area contributed by atoms with E-state index in [9.17, 15) is 0 Å². The van der Waals surface area contributed by atoms with Crippen LogP contribution in [-0.4, -0.2) is 20.0 Å². The Morgan fingerprint density at radius 3 is 3.15 bits per heavy atom. The Balaban J connectivity index is 1.93. The lowest BCUT2D eigenvalue weighted by molar-refractivity contribution is 0.715. The third kappa shape index (κ3) is 2.03. The summed E-state index contributed by atoms with van der Waals surface area (Å²) in [4.78, 5) is 4.14. The van der Waals surface area contributed by atoms with Gasteiger partial charge < -0.3 is 5.32 Å². The van der Waals surface area contributed by atoms with Gasteiger partial charge in [0.1, 0.15) is 5.01 Å². The fraction of sp³-hybridized carbons (Fsp3) is 0.286. The van der Waals surface area contributed by atoms with Gasteiger partial charge in [0.25, 0.3) is 0 Å². The number of rotatable bonds is 3. The molecule has 0 spiro atoms. The molecule has 0 saturated carbocycles. The Hall–Kier alpha value is -1.43. The van der Waals surface area contributed by atoms with Crippen LogP contribution in [0.2, 0.25) is 0 Å². The van der Waals surface area contributed by atoms with Gasteiger partial charge in [0, 0.05) is 18.6 Å². The van der Waals surface area contributed by atoms with Crippen LogP contribution in [0.25, 0.3) is 0 Å². The first-order valence-electron chi connectivity index (χ1n) is 3.83. The second-order valence-corrected chi connectivity index (χ2v) is 3.54. The average Bonchev–Trinajstić information content (AvgIpc) is 2.71. The summed E-state index contributed by atoms with van der Waals surface area (Å²) >= 11 is 1.62. The van der Waals surface area contributed by atoms with Crippen molar-refractivity contribution in [2.75, 3.05) is 5.32 Å². The lowest BCUT2D eigenvalue weighted by atomic mass is 10.6. The molecular weight excluding hydrogens is 186 g/mol. The number of aromatic nitrogens is 4. The van der Waals surface area contributed by atoms with Crippen molar-refractivity contribution in [2.24, 2.45) is 7.05 Å². The molecule has 68 valence electrons. The summed E-state index contributed by atoms with van der Waals surface area (Å²) in [5, 5.41) is 13.8. The van der Waals surface area contributed by atoms with Gasteiger partial charge in [-0.3, -0.25) is 4.68 Å². The minimum absolute atomic E-state index is 0.705. The minimum atomic E-state index is 0.705. The molecule has 2 heterocycles. The molecule has 0 aliphatic heterocycles. The van der Waals surface area contributed by atoms with E-state index in [2.05, 4.69) is 20.6 Å². The quantitative estimate of drug-likeness (QED) is 0.790. The van der Waals surface area contributed by atoms with Gasteiger partial charge in [-0.2, -0.15) is 0 Å². The molecule has 0 saturated heterocycles. The fourth-order valence-corrected chi connectivity index (χ4v) is 1.49. The molecule has 0 aromatic carbocycles. The first-order chi connectivity index (χ1) is 6.34. The van der Waals surface area contributed by atoms with Crippen molar-refractivity contribution in [3.05, 3.63) is 22.8 Å². The molecule has 0 unspecified atom stereocenters. The van der Waals surface area contributed by atoms with Crippen molar-refractivity contribution in [2.45, 2.75) is 6.54 Å². The molecular formula is C7H9N5S. The van der Waals surface area contributed by atoms with Crippen molar-refractivity contribution < 1.29 is 0 Å². The van der Waals surface area contributed by atoms with Crippen molar-refractivity contribution >= 4 is 17.2 Å². The summed E-state index contributed by atoms with van der Waals surface area (Å²) < 4.78 is 1.66. The molecule has 2 aromatic rings. The highest BCUT2D eigenvalue weighted by Gasteiger charge is 1.98. The molecule has 0 fully saturated rings. The highest BCUT2D eigenvalue weighted by Crippen LogP contribution is 2.06. The van der Waals surface area contributed by atoms with Gasteiger partial charge in [0.15, 0.2) is 5.82 Å². The molecule has 0 aliphatic carbocycles. The molecule has 0 atom stereocenters. The van der Waals surface area contributed by atoms with E-state index in [0.29, 0.717) is 6.54 Å². The van der Waals surface area contributed by atoms with Crippen LogP contribution in [0.15, 0.2) is 17.8 Å². The largest absolute Gasteiger partial charge is 0.361 e. The lowest BCUT2D eigenvalue weighted by Crippen LogP contribution is -1.98. The third-order valence-corrected chi connectivity index (χ3v) is 2.29. The minimum Gasteiger partial charge on any atom is -0.361 e. The summed E-state index contributed by atoms with van der Waals surface area (Å²) in [6, 6.07) is 0. The standard InChI is InChI=1S/C7H9N5S/c1-12-5-6(10-11-12)9-4-7-8-2-3-13-7/h2-3,5,9H,4H2,1H3. The first-order valence-corrected chi connectivity index (χ1v) is 4.71. The SMILES string of the molecule is Cn1cc(NCc2nccs2)nn1. The van der Waals surface area contributed by atoms with Gasteiger partial charge in [-0.05, 0) is 0 Å². The van der Waals surface area contributed by atoms with E-state index in [1.807, 2.05) is 18.6 Å². The van der Waals surface area contributed by atoms with E-state index in [0.717, 1.165) is 10.8 Å². The zero-order valence-corrected chi connectivity index (χ0v) is 7.95. The van der Waals surface area contributed by atoms with Gasteiger partial charge in [0.2, 0.25) is 0 Å². The second-order valence-electron chi connectivity index (χ2n) is 2.56. The second kappa shape index (κ2) is 3.53. The van der Waals surface area contributed by atoms with E-state index in [1.165, 1.54) is 0 Å². The van der Waals surface area contributed by atoms with Crippen LogP contribution in [0.1, 0.15) is 5.01 Å². The van der Waals surface area contributed by atoms with Gasteiger partial charge in [-0.25, -0.2) is 4.98 Å². The summed E-state index contributed by atoms with van der Waals surface area (Å²) in [7, 11) is 1.83. The van der Waals surface area contributed by atoms with Crippen LogP contribution >= 0.6 is 11.3 Å². The van der Waals surface area contributed by atoms with Crippen molar-refractivity contribution in [1.29, 1.82) is 0 Å². The highest BCUT2D eigenvalue weighted by molar-refractivity contribution is 7.09. The fourth-order valence-electron chi connectivity index (χ4n) is 0.935. The van der Waals surface area contributed by atoms with E-state index in [4.69, 9.17) is 0 Å². The van der Waals surface area contributed by atoms with Gasteiger partial charge in [0.05, 0.1) is 12.7 Å². The summed E-state index contributed by atoms with van der Waals surface area (Å²) in [6.07, 6.45) is 3.62. The monoisotopic (exact) mass is 195 g/mol. The molecule has 1 N–H and O–H groups in total. The van der Waals surface area contributed by atoms with E-state index < -0.39 is 0 Å². The van der Waals surface area contributed by atoms with E-state index in [1.54, 1.807) is 22.2 Å². The molecule has 0 aliphatic rings. The van der Waals surface area contributed by atoms with Crippen LogP contribution in [0.5, 0.6) is 0 Å². The number of aryl methyl sites for hydroxylation is 1. The number of thiazole rings is 1. The van der Waals surface area contributed by atoms with Gasteiger partial charge in [-0.1, -0.05) is 5.21 Å². The Bertz CT molecular complexity index is 366. The molecule has 13 heavy (non-hydrogen) atoms. The topological polar surface area (TPSA) is 55.6 Å². The lowest BCUT2D eigenvalue weighted by Gasteiger charge is -1.96. The number of nitrogens with one attached hydrogen (secondary N) is 1. The molecule has 6 heteroatoms. The zero-order chi connectivity index (χ0) is 9.10. The third-order valence-electron chi connectivity index (χ3n) is 1.51. The number of hydrogen-bond acceptors (Lipinski definition) is 5. The number of anilines is 1. The average molecular weight is 195 g/mol. The molecule has 2 aromatic heterocycles. The molecule has 0 bridgehead atoms. The Morgan fingerprint density at radius 1 is 1.62 bits per heavy atom. The predicted molar refractivity (Wildman–Crippen MR) is 50.4 cm³/mol. The zero-order valence-electron chi connectivity index (χ0n) is 7.14. The van der Waals surface area contributed by atoms with Crippen molar-refractivity contribution in [1.82, 2.24) is 20.0 Å². The Morgan fingerprint density at radius 2 is 2.54 bits per heavy atom. The Labute approximate surface area is 79.4 Å². The maximum absolute atomic E-state index is 4.14. The smallest absolute Gasteiger partial charge is 0.168 e. The summed E-state index contributed by atoms with van der Waals surface area (Å²) in [5.41, 5.74) is 0. The first kappa shape index (κ1) is 8.18. The van der Waals surface area contributed by atoms with Crippen LogP contribution in [0.4, 0.5) is 5.82 Å². The van der Waals surface area contributed by atoms with Gasteiger partial charge >= 0.3 is 0 Å². The van der Waals surface area contributed by atoms with Crippen molar-refractivity contribution in [3.63, 3.8) is 0 Å². The summed E-state index contributed by atoms with van der Waals surface area (Å²) in [5.74, 6) is 0.776. The number of hydrogen-bond donors (Lipinski definition) is 1. The van der Waals surface area contributed by atoms with Crippen LogP contribution in [-0.2, 0) is 13.6 Å². The van der Waals surface area contributed by atoms with Crippen molar-refractivity contribution in [3.8, 4) is 0 Å². The molecule has 2 rings (SSSR count). The normalized spacial score (nSPS) is 10.2. The molecule has 0 amide bonds. The Kier molecular flexibility index (Phi) is 2.22. The molecule has 5 nitrogen and oxygen atoms in total. The maximum atomic E-state index is 4.14. The van der Waals surface area contributed by atoms with E-state index in [-0.39, 0.29) is 0 Å². The summed E-state index contributed by atoms with van der Waals surface area (Å²) in [6.45, 7) is 0.705. The predicted octanol–water partition coefficient (Wildman–Crippen LogP) is 0.884. The highest BCUT2D eigenvalue weighted by atomic mass is 32.1. The number of nitrogens with zero attached hydrogens (tertiary/aromatic N) is 4. The van der Waals surface area contributed by atoms with Crippen LogP contribution in [0, 0.1) is 0 Å². The van der Waals surface area contributed by atoms with Crippen LogP contribution in [0.3, 0.4) is 0 Å². The van der Waals surface area contributed by atoms with Gasteiger partial charge in [-0.15, -0.1) is 16.4 Å².